The molecule has 0 saturated carbocycles. The van der Waals surface area contributed by atoms with E-state index in [-0.39, 0.29) is 24.4 Å². The molecule has 2 aromatic rings. The quantitative estimate of drug-likeness (QED) is 0.386. The molecule has 2 fully saturated rings. The van der Waals surface area contributed by atoms with Gasteiger partial charge in [0.25, 0.3) is 0 Å². The van der Waals surface area contributed by atoms with E-state index in [4.69, 9.17) is 28.4 Å². The highest BCUT2D eigenvalue weighted by Gasteiger charge is 2.24. The van der Waals surface area contributed by atoms with Crippen LogP contribution in [0.3, 0.4) is 0 Å². The molecule has 6 nitrogen and oxygen atoms in total. The van der Waals surface area contributed by atoms with Crippen LogP contribution < -0.4 is 9.47 Å². The van der Waals surface area contributed by atoms with Gasteiger partial charge in [0.1, 0.15) is 36.9 Å². The highest BCUT2D eigenvalue weighted by atomic mass is 16.6. The van der Waals surface area contributed by atoms with Crippen LogP contribution in [0.15, 0.2) is 24.3 Å². The van der Waals surface area contributed by atoms with Crippen molar-refractivity contribution in [2.24, 2.45) is 0 Å². The van der Waals surface area contributed by atoms with Crippen LogP contribution in [0.4, 0.5) is 0 Å². The van der Waals surface area contributed by atoms with E-state index in [1.807, 2.05) is 13.8 Å². The fourth-order valence-electron chi connectivity index (χ4n) is 4.06. The summed E-state index contributed by atoms with van der Waals surface area (Å²) in [7, 11) is 0. The zero-order chi connectivity index (χ0) is 24.2. The monoisotopic (exact) mass is 470 g/mol. The maximum atomic E-state index is 6.13. The van der Waals surface area contributed by atoms with Gasteiger partial charge in [-0.05, 0) is 99.2 Å². The lowest BCUT2D eigenvalue weighted by molar-refractivity contribution is 0.0238. The molecule has 0 N–H and O–H groups in total. The molecule has 0 radical (unpaired) electrons. The summed E-state index contributed by atoms with van der Waals surface area (Å²) >= 11 is 0. The molecule has 4 atom stereocenters. The SMILES string of the molecule is Cc1cc(-c2cc(C)c(OCC(C)OCC3CO3)c(C)c2)cc(C)c1OCC(C)OCC1CO1. The summed E-state index contributed by atoms with van der Waals surface area (Å²) in [6, 6.07) is 8.76. The van der Waals surface area contributed by atoms with Crippen LogP contribution in [-0.2, 0) is 18.9 Å². The number of hydrogen-bond acceptors (Lipinski definition) is 6. The van der Waals surface area contributed by atoms with Gasteiger partial charge in [-0.3, -0.25) is 0 Å². The molecule has 186 valence electrons. The Labute approximate surface area is 203 Å². The van der Waals surface area contributed by atoms with Crippen LogP contribution >= 0.6 is 0 Å². The third-order valence-corrected chi connectivity index (χ3v) is 6.12. The second kappa shape index (κ2) is 11.1. The topological polar surface area (TPSA) is 62.0 Å². The summed E-state index contributed by atoms with van der Waals surface area (Å²) in [4.78, 5) is 0. The third-order valence-electron chi connectivity index (χ3n) is 6.12. The fourth-order valence-corrected chi connectivity index (χ4v) is 4.06. The molecule has 2 aliphatic rings. The normalized spacial score (nSPS) is 20.6. The van der Waals surface area contributed by atoms with Crippen molar-refractivity contribution in [3.8, 4) is 22.6 Å². The summed E-state index contributed by atoms with van der Waals surface area (Å²) in [5.41, 5.74) is 6.83. The van der Waals surface area contributed by atoms with E-state index in [0.29, 0.717) is 26.4 Å². The van der Waals surface area contributed by atoms with Gasteiger partial charge in [0.2, 0.25) is 0 Å². The molecule has 0 aliphatic carbocycles. The molecule has 4 unspecified atom stereocenters. The van der Waals surface area contributed by atoms with Gasteiger partial charge in [0.15, 0.2) is 0 Å². The Balaban J connectivity index is 1.38. The zero-order valence-electron chi connectivity index (χ0n) is 21.3. The van der Waals surface area contributed by atoms with Crippen molar-refractivity contribution >= 4 is 0 Å². The van der Waals surface area contributed by atoms with Crippen LogP contribution in [0, 0.1) is 27.7 Å². The molecule has 2 aliphatic heterocycles. The van der Waals surface area contributed by atoms with Crippen LogP contribution in [0.2, 0.25) is 0 Å². The first kappa shape index (κ1) is 25.0. The molecule has 0 amide bonds. The van der Waals surface area contributed by atoms with Crippen LogP contribution in [-0.4, -0.2) is 64.1 Å². The summed E-state index contributed by atoms with van der Waals surface area (Å²) in [5.74, 6) is 1.86. The lowest BCUT2D eigenvalue weighted by Crippen LogP contribution is -2.21. The van der Waals surface area contributed by atoms with Crippen molar-refractivity contribution in [1.82, 2.24) is 0 Å². The van der Waals surface area contributed by atoms with Crippen LogP contribution in [0.25, 0.3) is 11.1 Å². The molecule has 4 rings (SSSR count). The predicted octanol–water partition coefficient (Wildman–Crippen LogP) is 4.95. The van der Waals surface area contributed by atoms with Gasteiger partial charge in [-0.25, -0.2) is 0 Å². The maximum Gasteiger partial charge on any atom is 0.125 e. The number of rotatable bonds is 13. The van der Waals surface area contributed by atoms with Gasteiger partial charge < -0.3 is 28.4 Å². The molecule has 0 aromatic heterocycles. The molecule has 6 heteroatoms. The Bertz CT molecular complexity index is 853. The highest BCUT2D eigenvalue weighted by Crippen LogP contribution is 2.34. The predicted molar refractivity (Wildman–Crippen MR) is 132 cm³/mol. The van der Waals surface area contributed by atoms with Gasteiger partial charge in [-0.15, -0.1) is 0 Å². The second-order valence-corrected chi connectivity index (χ2v) is 9.70. The first-order valence-corrected chi connectivity index (χ1v) is 12.2. The van der Waals surface area contributed by atoms with E-state index < -0.39 is 0 Å². The number of epoxide rings is 2. The van der Waals surface area contributed by atoms with Crippen LogP contribution in [0.5, 0.6) is 11.5 Å². The summed E-state index contributed by atoms with van der Waals surface area (Å²) in [6.07, 6.45) is 0.590. The largest absolute Gasteiger partial charge is 0.490 e. The number of hydrogen-bond donors (Lipinski definition) is 0. The molecular weight excluding hydrogens is 432 g/mol. The van der Waals surface area contributed by atoms with E-state index >= 15 is 0 Å². The molecular formula is C28H38O6. The maximum absolute atomic E-state index is 6.13. The average molecular weight is 471 g/mol. The molecule has 0 spiro atoms. The van der Waals surface area contributed by atoms with Gasteiger partial charge >= 0.3 is 0 Å². The first-order chi connectivity index (χ1) is 16.3. The molecule has 2 aromatic carbocycles. The zero-order valence-corrected chi connectivity index (χ0v) is 21.3. The van der Waals surface area contributed by atoms with Crippen molar-refractivity contribution in [2.45, 2.75) is 66.0 Å². The van der Waals surface area contributed by atoms with Gasteiger partial charge in [0.05, 0.1) is 38.6 Å². The van der Waals surface area contributed by atoms with Crippen molar-refractivity contribution in [3.05, 3.63) is 46.5 Å². The van der Waals surface area contributed by atoms with Crippen LogP contribution in [0.1, 0.15) is 36.1 Å². The minimum absolute atomic E-state index is 0.0238. The molecule has 2 heterocycles. The summed E-state index contributed by atoms with van der Waals surface area (Å²) < 4.78 is 34.2. The highest BCUT2D eigenvalue weighted by molar-refractivity contribution is 5.70. The van der Waals surface area contributed by atoms with Gasteiger partial charge in [0, 0.05) is 0 Å². The number of benzene rings is 2. The Hall–Kier alpha value is -2.12. The third kappa shape index (κ3) is 6.95. The van der Waals surface area contributed by atoms with Crippen molar-refractivity contribution in [2.75, 3.05) is 39.6 Å². The van der Waals surface area contributed by atoms with Gasteiger partial charge in [-0.2, -0.15) is 0 Å². The van der Waals surface area contributed by atoms with Crippen molar-refractivity contribution in [3.63, 3.8) is 0 Å². The van der Waals surface area contributed by atoms with E-state index in [0.717, 1.165) is 47.0 Å². The first-order valence-electron chi connectivity index (χ1n) is 12.2. The molecule has 34 heavy (non-hydrogen) atoms. The van der Waals surface area contributed by atoms with Gasteiger partial charge in [-0.1, -0.05) is 0 Å². The standard InChI is InChI=1S/C28H38O6/c1-17-7-23(8-18(2)27(17)33-11-21(5)29-13-25-15-31-25)24-9-19(3)28(20(4)10-24)34-12-22(6)30-14-26-16-32-26/h7-10,21-22,25-26H,11-16H2,1-6H3. The smallest absolute Gasteiger partial charge is 0.125 e. The fraction of sp³-hybridized carbons (Fsp3) is 0.571. The minimum atomic E-state index is 0.0238. The molecule has 0 bridgehead atoms. The van der Waals surface area contributed by atoms with E-state index in [9.17, 15) is 0 Å². The van der Waals surface area contributed by atoms with E-state index in [1.54, 1.807) is 0 Å². The number of aryl methyl sites for hydroxylation is 4. The lowest BCUT2D eigenvalue weighted by atomic mass is 9.96. The minimum Gasteiger partial charge on any atom is -0.490 e. The summed E-state index contributed by atoms with van der Waals surface area (Å²) in [5, 5.41) is 0. The van der Waals surface area contributed by atoms with E-state index in [1.165, 1.54) is 11.1 Å². The number of ether oxygens (including phenoxy) is 6. The van der Waals surface area contributed by atoms with Crippen molar-refractivity contribution < 1.29 is 28.4 Å². The Morgan fingerprint density at radius 1 is 0.676 bits per heavy atom. The lowest BCUT2D eigenvalue weighted by Gasteiger charge is -2.19. The average Bonchev–Trinajstić information content (AvgIpc) is 3.69. The summed E-state index contributed by atoms with van der Waals surface area (Å²) in [6.45, 7) is 16.4. The molecule has 2 saturated heterocycles. The Morgan fingerprint density at radius 2 is 1.00 bits per heavy atom. The van der Waals surface area contributed by atoms with Crippen molar-refractivity contribution in [1.29, 1.82) is 0 Å². The Morgan fingerprint density at radius 3 is 1.29 bits per heavy atom. The van der Waals surface area contributed by atoms with E-state index in [2.05, 4.69) is 52.0 Å². The Kier molecular flexibility index (Phi) is 8.14. The second-order valence-electron chi connectivity index (χ2n) is 9.70.